The van der Waals surface area contributed by atoms with Crippen molar-refractivity contribution >= 4 is 5.69 Å². The summed E-state index contributed by atoms with van der Waals surface area (Å²) in [6.07, 6.45) is 4.56. The lowest BCUT2D eigenvalue weighted by molar-refractivity contribution is 0.379. The molecule has 2 heterocycles. The first-order valence-corrected chi connectivity index (χ1v) is 7.06. The van der Waals surface area contributed by atoms with Crippen LogP contribution in [0.5, 0.6) is 0 Å². The van der Waals surface area contributed by atoms with E-state index in [-0.39, 0.29) is 0 Å². The first-order valence-electron chi connectivity index (χ1n) is 7.06. The molecule has 0 spiro atoms. The molecule has 0 amide bonds. The molecule has 0 bridgehead atoms. The summed E-state index contributed by atoms with van der Waals surface area (Å²) in [5, 5.41) is 3.56. The Labute approximate surface area is 111 Å². The third-order valence-corrected chi connectivity index (χ3v) is 3.58. The van der Waals surface area contributed by atoms with E-state index in [2.05, 4.69) is 48.1 Å². The number of piperidine rings is 1. The summed E-state index contributed by atoms with van der Waals surface area (Å²) >= 11 is 0. The zero-order valence-corrected chi connectivity index (χ0v) is 11.8. The van der Waals surface area contributed by atoms with Crippen molar-refractivity contribution in [3.63, 3.8) is 0 Å². The van der Waals surface area contributed by atoms with E-state index >= 15 is 0 Å². The highest BCUT2D eigenvalue weighted by Gasteiger charge is 2.20. The van der Waals surface area contributed by atoms with Gasteiger partial charge in [-0.15, -0.1) is 0 Å². The van der Waals surface area contributed by atoms with Gasteiger partial charge in [-0.2, -0.15) is 0 Å². The molecular weight excluding hydrogens is 222 g/mol. The fourth-order valence-electron chi connectivity index (χ4n) is 2.60. The van der Waals surface area contributed by atoms with Crippen LogP contribution in [0.1, 0.15) is 32.4 Å². The van der Waals surface area contributed by atoms with Gasteiger partial charge < -0.3 is 10.2 Å². The van der Waals surface area contributed by atoms with Crippen LogP contribution < -0.4 is 10.2 Å². The summed E-state index contributed by atoms with van der Waals surface area (Å²) in [4.78, 5) is 6.78. The molecule has 3 nitrogen and oxygen atoms in total. The Morgan fingerprint density at radius 2 is 2.33 bits per heavy atom. The van der Waals surface area contributed by atoms with Gasteiger partial charge in [0, 0.05) is 36.7 Å². The lowest BCUT2D eigenvalue weighted by Gasteiger charge is -2.35. The van der Waals surface area contributed by atoms with Crippen molar-refractivity contribution in [1.29, 1.82) is 0 Å². The average Bonchev–Trinajstić information content (AvgIpc) is 2.37. The normalized spacial score (nSPS) is 20.4. The van der Waals surface area contributed by atoms with Gasteiger partial charge in [0.25, 0.3) is 0 Å². The van der Waals surface area contributed by atoms with Crippen LogP contribution in [0.25, 0.3) is 0 Å². The molecule has 1 aromatic rings. The first kappa shape index (κ1) is 13.3. The van der Waals surface area contributed by atoms with Gasteiger partial charge in [-0.1, -0.05) is 13.8 Å². The van der Waals surface area contributed by atoms with Crippen molar-refractivity contribution in [1.82, 2.24) is 10.3 Å². The SMILES string of the molecule is Cc1cc(N2CCCC(CNC(C)C)C2)ccn1. The number of hydrogen-bond acceptors (Lipinski definition) is 3. The molecule has 1 aliphatic rings. The Bertz CT molecular complexity index is 376. The molecule has 1 saturated heterocycles. The molecule has 2 rings (SSSR count). The van der Waals surface area contributed by atoms with Gasteiger partial charge >= 0.3 is 0 Å². The molecule has 100 valence electrons. The second kappa shape index (κ2) is 6.19. The predicted molar refractivity (Wildman–Crippen MR) is 77.0 cm³/mol. The van der Waals surface area contributed by atoms with Gasteiger partial charge in [0.1, 0.15) is 0 Å². The Morgan fingerprint density at radius 3 is 3.06 bits per heavy atom. The molecule has 1 atom stereocenters. The molecule has 1 fully saturated rings. The fourth-order valence-corrected chi connectivity index (χ4v) is 2.60. The van der Waals surface area contributed by atoms with Gasteiger partial charge in [-0.3, -0.25) is 4.98 Å². The molecule has 0 saturated carbocycles. The molecule has 3 heteroatoms. The van der Waals surface area contributed by atoms with Gasteiger partial charge in [0.05, 0.1) is 0 Å². The monoisotopic (exact) mass is 247 g/mol. The van der Waals surface area contributed by atoms with E-state index in [4.69, 9.17) is 0 Å². The van der Waals surface area contributed by atoms with E-state index in [1.807, 2.05) is 6.20 Å². The van der Waals surface area contributed by atoms with Gasteiger partial charge in [0.2, 0.25) is 0 Å². The summed E-state index contributed by atoms with van der Waals surface area (Å²) in [6.45, 7) is 9.98. The fraction of sp³-hybridized carbons (Fsp3) is 0.667. The molecule has 1 N–H and O–H groups in total. The van der Waals surface area contributed by atoms with Gasteiger partial charge in [-0.05, 0) is 44.4 Å². The number of rotatable bonds is 4. The summed E-state index contributed by atoms with van der Waals surface area (Å²) in [7, 11) is 0. The summed E-state index contributed by atoms with van der Waals surface area (Å²) in [5.41, 5.74) is 2.44. The third-order valence-electron chi connectivity index (χ3n) is 3.58. The van der Waals surface area contributed by atoms with E-state index in [1.165, 1.54) is 31.6 Å². The Kier molecular flexibility index (Phi) is 4.59. The van der Waals surface area contributed by atoms with Crippen molar-refractivity contribution in [2.75, 3.05) is 24.5 Å². The number of anilines is 1. The quantitative estimate of drug-likeness (QED) is 0.886. The van der Waals surface area contributed by atoms with E-state index in [9.17, 15) is 0 Å². The minimum atomic E-state index is 0.587. The summed E-state index contributed by atoms with van der Waals surface area (Å²) < 4.78 is 0. The van der Waals surface area contributed by atoms with E-state index in [1.54, 1.807) is 0 Å². The molecule has 1 aliphatic heterocycles. The van der Waals surface area contributed by atoms with Crippen LogP contribution in [-0.4, -0.2) is 30.7 Å². The zero-order chi connectivity index (χ0) is 13.0. The van der Waals surface area contributed by atoms with Crippen LogP contribution in [-0.2, 0) is 0 Å². The van der Waals surface area contributed by atoms with Crippen molar-refractivity contribution in [3.8, 4) is 0 Å². The Morgan fingerprint density at radius 1 is 1.50 bits per heavy atom. The molecule has 0 radical (unpaired) electrons. The smallest absolute Gasteiger partial charge is 0.0399 e. The van der Waals surface area contributed by atoms with Gasteiger partial charge in [0.15, 0.2) is 0 Å². The zero-order valence-electron chi connectivity index (χ0n) is 11.8. The maximum Gasteiger partial charge on any atom is 0.0399 e. The first-order chi connectivity index (χ1) is 8.65. The van der Waals surface area contributed by atoms with E-state index < -0.39 is 0 Å². The highest BCUT2D eigenvalue weighted by Crippen LogP contribution is 2.22. The maximum atomic E-state index is 4.27. The number of hydrogen-bond donors (Lipinski definition) is 1. The lowest BCUT2D eigenvalue weighted by atomic mass is 9.97. The number of aromatic nitrogens is 1. The number of nitrogens with zero attached hydrogens (tertiary/aromatic N) is 2. The highest BCUT2D eigenvalue weighted by atomic mass is 15.1. The molecule has 18 heavy (non-hydrogen) atoms. The minimum Gasteiger partial charge on any atom is -0.371 e. The van der Waals surface area contributed by atoms with Gasteiger partial charge in [-0.25, -0.2) is 0 Å². The molecular formula is C15H25N3. The van der Waals surface area contributed by atoms with Crippen molar-refractivity contribution in [2.45, 2.75) is 39.7 Å². The summed E-state index contributed by atoms with van der Waals surface area (Å²) in [5.74, 6) is 0.773. The Hall–Kier alpha value is -1.09. The van der Waals surface area contributed by atoms with Crippen LogP contribution in [0.3, 0.4) is 0 Å². The average molecular weight is 247 g/mol. The van der Waals surface area contributed by atoms with E-state index in [0.29, 0.717) is 6.04 Å². The molecule has 1 unspecified atom stereocenters. The van der Waals surface area contributed by atoms with Crippen LogP contribution in [0.4, 0.5) is 5.69 Å². The second-order valence-corrected chi connectivity index (χ2v) is 5.67. The summed E-state index contributed by atoms with van der Waals surface area (Å²) in [6, 6.07) is 4.91. The Balaban J connectivity index is 1.94. The lowest BCUT2D eigenvalue weighted by Crippen LogP contribution is -2.41. The predicted octanol–water partition coefficient (Wildman–Crippen LogP) is 2.60. The standard InChI is InChI=1S/C15H25N3/c1-12(2)17-10-14-5-4-8-18(11-14)15-6-7-16-13(3)9-15/h6-7,9,12,14,17H,4-5,8,10-11H2,1-3H3. The van der Waals surface area contributed by atoms with E-state index in [0.717, 1.165) is 18.2 Å². The van der Waals surface area contributed by atoms with Crippen LogP contribution in [0.15, 0.2) is 18.3 Å². The molecule has 0 aliphatic carbocycles. The van der Waals surface area contributed by atoms with Crippen molar-refractivity contribution in [3.05, 3.63) is 24.0 Å². The van der Waals surface area contributed by atoms with Crippen LogP contribution in [0.2, 0.25) is 0 Å². The molecule has 0 aromatic carbocycles. The number of nitrogens with one attached hydrogen (secondary N) is 1. The highest BCUT2D eigenvalue weighted by molar-refractivity contribution is 5.46. The molecule has 1 aromatic heterocycles. The van der Waals surface area contributed by atoms with Crippen molar-refractivity contribution < 1.29 is 0 Å². The number of pyridine rings is 1. The maximum absolute atomic E-state index is 4.27. The van der Waals surface area contributed by atoms with Crippen LogP contribution >= 0.6 is 0 Å². The van der Waals surface area contributed by atoms with Crippen molar-refractivity contribution in [2.24, 2.45) is 5.92 Å². The largest absolute Gasteiger partial charge is 0.371 e. The van der Waals surface area contributed by atoms with Crippen LogP contribution in [0, 0.1) is 12.8 Å². The topological polar surface area (TPSA) is 28.2 Å². The number of aryl methyl sites for hydroxylation is 1. The minimum absolute atomic E-state index is 0.587. The third kappa shape index (κ3) is 3.70. The second-order valence-electron chi connectivity index (χ2n) is 5.67.